The fraction of sp³-hybridized carbons (Fsp3) is 0.300. The summed E-state index contributed by atoms with van der Waals surface area (Å²) in [4.78, 5) is 14.1. The van der Waals surface area contributed by atoms with Crippen molar-refractivity contribution in [2.45, 2.75) is 19.3 Å². The van der Waals surface area contributed by atoms with Gasteiger partial charge in [-0.25, -0.2) is 4.79 Å². The summed E-state index contributed by atoms with van der Waals surface area (Å²) < 4.78 is 0. The first-order chi connectivity index (χ1) is 6.74. The first-order valence-electron chi connectivity index (χ1n) is 4.35. The van der Waals surface area contributed by atoms with Gasteiger partial charge in [-0.3, -0.25) is 0 Å². The lowest BCUT2D eigenvalue weighted by atomic mass is 10.1. The predicted octanol–water partition coefficient (Wildman–Crippen LogP) is 1.73. The van der Waals surface area contributed by atoms with E-state index in [1.165, 1.54) is 0 Å². The number of carbonyl (C=O) groups excluding carboxylic acids is 1. The normalized spacial score (nSPS) is 9.79. The third-order valence-electron chi connectivity index (χ3n) is 1.92. The van der Waals surface area contributed by atoms with E-state index >= 15 is 0 Å². The molecule has 0 saturated carbocycles. The molecule has 4 nitrogen and oxygen atoms in total. The van der Waals surface area contributed by atoms with Crippen LogP contribution in [0.1, 0.15) is 18.4 Å². The Labute approximate surface area is 81.7 Å². The van der Waals surface area contributed by atoms with E-state index in [4.69, 9.17) is 5.26 Å². The molecule has 0 saturated heterocycles. The van der Waals surface area contributed by atoms with Gasteiger partial charge in [0.2, 0.25) is 0 Å². The molecule has 0 aliphatic carbocycles. The molecule has 0 heterocycles. The maximum absolute atomic E-state index is 10.6. The van der Waals surface area contributed by atoms with E-state index < -0.39 is 5.97 Å². The average Bonchev–Trinajstić information content (AvgIpc) is 2.20. The average molecular weight is 196 g/mol. The summed E-state index contributed by atoms with van der Waals surface area (Å²) in [6.07, 6.45) is 1.27. The van der Waals surface area contributed by atoms with Crippen molar-refractivity contribution in [2.24, 2.45) is 0 Å². The lowest BCUT2D eigenvalue weighted by molar-refractivity contribution is -0.234. The Kier molecular flexibility index (Phi) is 3.94. The third-order valence-corrected chi connectivity index (χ3v) is 1.92. The SMILES string of the molecule is O=C(CCCc1ccccc1O)OO. The van der Waals surface area contributed by atoms with Crippen LogP contribution in [0.2, 0.25) is 0 Å². The number of aromatic hydroxyl groups is 1. The van der Waals surface area contributed by atoms with Gasteiger partial charge in [0.1, 0.15) is 5.75 Å². The van der Waals surface area contributed by atoms with Gasteiger partial charge in [-0.05, 0) is 24.5 Å². The van der Waals surface area contributed by atoms with Crippen LogP contribution in [0, 0.1) is 0 Å². The van der Waals surface area contributed by atoms with Gasteiger partial charge in [0.25, 0.3) is 0 Å². The van der Waals surface area contributed by atoms with Crippen molar-refractivity contribution in [1.82, 2.24) is 0 Å². The highest BCUT2D eigenvalue weighted by Gasteiger charge is 2.04. The molecule has 4 heteroatoms. The smallest absolute Gasteiger partial charge is 0.342 e. The molecule has 14 heavy (non-hydrogen) atoms. The Hall–Kier alpha value is -1.55. The van der Waals surface area contributed by atoms with Gasteiger partial charge in [-0.1, -0.05) is 18.2 Å². The molecular formula is C10H12O4. The van der Waals surface area contributed by atoms with Gasteiger partial charge in [0, 0.05) is 6.42 Å². The van der Waals surface area contributed by atoms with E-state index in [1.54, 1.807) is 18.2 Å². The lowest BCUT2D eigenvalue weighted by Gasteiger charge is -2.02. The van der Waals surface area contributed by atoms with Gasteiger partial charge >= 0.3 is 5.97 Å². The van der Waals surface area contributed by atoms with Crippen molar-refractivity contribution in [1.29, 1.82) is 0 Å². The summed E-state index contributed by atoms with van der Waals surface area (Å²) in [5, 5.41) is 17.4. The summed E-state index contributed by atoms with van der Waals surface area (Å²) in [7, 11) is 0. The first-order valence-corrected chi connectivity index (χ1v) is 4.35. The second-order valence-corrected chi connectivity index (χ2v) is 2.95. The minimum absolute atomic E-state index is 0.144. The Morgan fingerprint density at radius 2 is 2.07 bits per heavy atom. The van der Waals surface area contributed by atoms with Gasteiger partial charge in [-0.15, -0.1) is 0 Å². The van der Waals surface area contributed by atoms with Crippen LogP contribution < -0.4 is 0 Å². The van der Waals surface area contributed by atoms with E-state index in [-0.39, 0.29) is 12.2 Å². The number of rotatable bonds is 4. The third kappa shape index (κ3) is 3.06. The Balaban J connectivity index is 2.39. The van der Waals surface area contributed by atoms with Crippen molar-refractivity contribution in [3.05, 3.63) is 29.8 Å². The minimum atomic E-state index is -0.652. The number of carbonyl (C=O) groups is 1. The number of para-hydroxylation sites is 1. The summed E-state index contributed by atoms with van der Waals surface area (Å²) in [6.45, 7) is 0. The molecule has 0 atom stereocenters. The summed E-state index contributed by atoms with van der Waals surface area (Å²) in [5.41, 5.74) is 0.790. The first kappa shape index (κ1) is 10.5. The molecule has 0 radical (unpaired) electrons. The fourth-order valence-corrected chi connectivity index (χ4v) is 1.19. The molecule has 0 fully saturated rings. The molecule has 76 valence electrons. The number of phenols is 1. The van der Waals surface area contributed by atoms with E-state index in [0.717, 1.165) is 5.56 Å². The Morgan fingerprint density at radius 3 is 2.71 bits per heavy atom. The van der Waals surface area contributed by atoms with Gasteiger partial charge in [-0.2, -0.15) is 5.26 Å². The zero-order valence-corrected chi connectivity index (χ0v) is 7.64. The van der Waals surface area contributed by atoms with E-state index in [0.29, 0.717) is 12.8 Å². The summed E-state index contributed by atoms with van der Waals surface area (Å²) in [5.74, 6) is -0.426. The monoisotopic (exact) mass is 196 g/mol. The second kappa shape index (κ2) is 5.24. The quantitative estimate of drug-likeness (QED) is 0.568. The molecule has 1 aromatic carbocycles. The van der Waals surface area contributed by atoms with Gasteiger partial charge < -0.3 is 9.99 Å². The maximum atomic E-state index is 10.6. The molecule has 0 aliphatic heterocycles. The molecule has 0 amide bonds. The maximum Gasteiger partial charge on any atom is 0.342 e. The highest BCUT2D eigenvalue weighted by atomic mass is 17.1. The van der Waals surface area contributed by atoms with Crippen LogP contribution in [0.25, 0.3) is 0 Å². The van der Waals surface area contributed by atoms with Crippen LogP contribution >= 0.6 is 0 Å². The molecule has 0 bridgehead atoms. The van der Waals surface area contributed by atoms with Crippen LogP contribution in [-0.2, 0) is 16.1 Å². The van der Waals surface area contributed by atoms with E-state index in [1.807, 2.05) is 6.07 Å². The number of hydrogen-bond acceptors (Lipinski definition) is 4. The van der Waals surface area contributed by atoms with Crippen molar-refractivity contribution < 1.29 is 20.0 Å². The van der Waals surface area contributed by atoms with Crippen LogP contribution in [0.3, 0.4) is 0 Å². The van der Waals surface area contributed by atoms with Crippen LogP contribution in [0.5, 0.6) is 5.75 Å². The topological polar surface area (TPSA) is 66.8 Å². The van der Waals surface area contributed by atoms with Crippen LogP contribution in [-0.4, -0.2) is 16.3 Å². The minimum Gasteiger partial charge on any atom is -0.508 e. The zero-order valence-electron chi connectivity index (χ0n) is 7.64. The predicted molar refractivity (Wildman–Crippen MR) is 49.8 cm³/mol. The lowest BCUT2D eigenvalue weighted by Crippen LogP contribution is -2.00. The molecule has 0 aliphatic rings. The standard InChI is InChI=1S/C10H12O4/c11-9-6-2-1-4-8(9)5-3-7-10(12)14-13/h1-2,4,6,11,13H,3,5,7H2. The van der Waals surface area contributed by atoms with Gasteiger partial charge in [0.15, 0.2) is 0 Å². The van der Waals surface area contributed by atoms with Crippen molar-refractivity contribution in [3.8, 4) is 5.75 Å². The van der Waals surface area contributed by atoms with Crippen molar-refractivity contribution in [3.63, 3.8) is 0 Å². The molecule has 0 aromatic heterocycles. The highest BCUT2D eigenvalue weighted by Crippen LogP contribution is 2.17. The number of hydrogen-bond donors (Lipinski definition) is 2. The van der Waals surface area contributed by atoms with E-state index in [9.17, 15) is 9.90 Å². The zero-order chi connectivity index (χ0) is 10.4. The number of benzene rings is 1. The molecule has 2 N–H and O–H groups in total. The van der Waals surface area contributed by atoms with Crippen molar-refractivity contribution in [2.75, 3.05) is 0 Å². The largest absolute Gasteiger partial charge is 0.508 e. The second-order valence-electron chi connectivity index (χ2n) is 2.95. The number of phenolic OH excluding ortho intramolecular Hbond substituents is 1. The highest BCUT2D eigenvalue weighted by molar-refractivity contribution is 5.68. The number of aryl methyl sites for hydroxylation is 1. The van der Waals surface area contributed by atoms with Crippen LogP contribution in [0.4, 0.5) is 0 Å². The van der Waals surface area contributed by atoms with E-state index in [2.05, 4.69) is 4.89 Å². The Bertz CT molecular complexity index is 309. The summed E-state index contributed by atoms with van der Waals surface area (Å²) in [6, 6.07) is 6.94. The fourth-order valence-electron chi connectivity index (χ4n) is 1.19. The molecule has 0 unspecified atom stereocenters. The summed E-state index contributed by atoms with van der Waals surface area (Å²) >= 11 is 0. The molecule has 1 aromatic rings. The Morgan fingerprint density at radius 1 is 1.36 bits per heavy atom. The molecular weight excluding hydrogens is 184 g/mol. The molecule has 0 spiro atoms. The van der Waals surface area contributed by atoms with Crippen LogP contribution in [0.15, 0.2) is 24.3 Å². The van der Waals surface area contributed by atoms with Gasteiger partial charge in [0.05, 0.1) is 0 Å². The molecule has 1 rings (SSSR count). The van der Waals surface area contributed by atoms with Crippen molar-refractivity contribution >= 4 is 5.97 Å².